The van der Waals surface area contributed by atoms with E-state index in [1.165, 1.54) is 24.3 Å². The summed E-state index contributed by atoms with van der Waals surface area (Å²) in [6, 6.07) is 15.6. The fourth-order valence-electron chi connectivity index (χ4n) is 2.47. The molecule has 0 aliphatic heterocycles. The number of rotatable bonds is 9. The van der Waals surface area contributed by atoms with Crippen LogP contribution in [0.15, 0.2) is 59.5 Å². The third-order valence-electron chi connectivity index (χ3n) is 3.85. The van der Waals surface area contributed by atoms with Gasteiger partial charge < -0.3 is 10.6 Å². The van der Waals surface area contributed by atoms with Crippen molar-refractivity contribution in [2.75, 3.05) is 24.5 Å². The number of nitrogens with zero attached hydrogens (tertiary/aromatic N) is 1. The monoisotopic (exact) mass is 361 g/mol. The number of carbonyl (C=O) groups is 1. The summed E-state index contributed by atoms with van der Waals surface area (Å²) in [5, 5.41) is 0. The second kappa shape index (κ2) is 8.64. The fourth-order valence-corrected chi connectivity index (χ4v) is 3.54. The SMILES string of the molecule is CCN(CCCNS(=O)(=O)c1ccc(C(N)=O)cc1)c1ccccc1. The molecule has 0 aliphatic carbocycles. The predicted molar refractivity (Wildman–Crippen MR) is 99.1 cm³/mol. The van der Waals surface area contributed by atoms with Crippen LogP contribution in [0.25, 0.3) is 0 Å². The highest BCUT2D eigenvalue weighted by Crippen LogP contribution is 2.13. The molecule has 0 atom stereocenters. The summed E-state index contributed by atoms with van der Waals surface area (Å²) in [5.74, 6) is -0.586. The van der Waals surface area contributed by atoms with Gasteiger partial charge >= 0.3 is 0 Å². The van der Waals surface area contributed by atoms with Crippen molar-refractivity contribution < 1.29 is 13.2 Å². The summed E-state index contributed by atoms with van der Waals surface area (Å²) in [4.78, 5) is 13.3. The van der Waals surface area contributed by atoms with Crippen LogP contribution in [0.5, 0.6) is 0 Å². The van der Waals surface area contributed by atoms with Gasteiger partial charge in [0, 0.05) is 30.9 Å². The number of nitrogens with two attached hydrogens (primary N) is 1. The maximum atomic E-state index is 12.3. The molecule has 0 saturated heterocycles. The van der Waals surface area contributed by atoms with Crippen LogP contribution in [0.3, 0.4) is 0 Å². The first-order valence-electron chi connectivity index (χ1n) is 8.13. The Hall–Kier alpha value is -2.38. The average molecular weight is 361 g/mol. The van der Waals surface area contributed by atoms with Crippen LogP contribution in [0.1, 0.15) is 23.7 Å². The number of sulfonamides is 1. The predicted octanol–water partition coefficient (Wildman–Crippen LogP) is 1.98. The van der Waals surface area contributed by atoms with Crippen LogP contribution in [-0.2, 0) is 10.0 Å². The van der Waals surface area contributed by atoms with Crippen molar-refractivity contribution in [3.05, 3.63) is 60.2 Å². The van der Waals surface area contributed by atoms with E-state index in [1.807, 2.05) is 30.3 Å². The normalized spacial score (nSPS) is 11.2. The van der Waals surface area contributed by atoms with Gasteiger partial charge in [-0.05, 0) is 49.7 Å². The Balaban J connectivity index is 1.88. The molecule has 0 unspecified atom stereocenters. The van der Waals surface area contributed by atoms with Gasteiger partial charge in [0.1, 0.15) is 0 Å². The van der Waals surface area contributed by atoms with E-state index in [0.29, 0.717) is 13.0 Å². The minimum Gasteiger partial charge on any atom is -0.372 e. The first-order chi connectivity index (χ1) is 11.9. The van der Waals surface area contributed by atoms with Gasteiger partial charge in [-0.2, -0.15) is 0 Å². The second-order valence-electron chi connectivity index (χ2n) is 5.56. The number of carbonyl (C=O) groups excluding carboxylic acids is 1. The number of para-hydroxylation sites is 1. The molecule has 134 valence electrons. The summed E-state index contributed by atoms with van der Waals surface area (Å²) in [5.41, 5.74) is 6.55. The molecule has 1 amide bonds. The lowest BCUT2D eigenvalue weighted by Gasteiger charge is -2.23. The molecule has 0 fully saturated rings. The molecule has 7 heteroatoms. The number of amides is 1. The Kier molecular flexibility index (Phi) is 6.55. The molecule has 2 aromatic rings. The van der Waals surface area contributed by atoms with E-state index in [2.05, 4.69) is 16.5 Å². The van der Waals surface area contributed by atoms with E-state index < -0.39 is 15.9 Å². The zero-order valence-electron chi connectivity index (χ0n) is 14.2. The summed E-state index contributed by atoms with van der Waals surface area (Å²) in [6.07, 6.45) is 0.682. The van der Waals surface area contributed by atoms with E-state index in [4.69, 9.17) is 5.73 Å². The Morgan fingerprint density at radius 2 is 1.72 bits per heavy atom. The van der Waals surface area contributed by atoms with Crippen molar-refractivity contribution >= 4 is 21.6 Å². The highest BCUT2D eigenvalue weighted by Gasteiger charge is 2.14. The van der Waals surface area contributed by atoms with Gasteiger partial charge in [-0.1, -0.05) is 18.2 Å². The molecular formula is C18H23N3O3S. The molecule has 0 radical (unpaired) electrons. The fraction of sp³-hybridized carbons (Fsp3) is 0.278. The van der Waals surface area contributed by atoms with Crippen LogP contribution < -0.4 is 15.4 Å². The molecule has 0 aliphatic rings. The number of anilines is 1. The van der Waals surface area contributed by atoms with Gasteiger partial charge in [-0.25, -0.2) is 13.1 Å². The van der Waals surface area contributed by atoms with Crippen molar-refractivity contribution in [3.8, 4) is 0 Å². The first-order valence-corrected chi connectivity index (χ1v) is 9.62. The van der Waals surface area contributed by atoms with E-state index in [1.54, 1.807) is 0 Å². The molecule has 0 spiro atoms. The third kappa shape index (κ3) is 5.30. The van der Waals surface area contributed by atoms with E-state index in [-0.39, 0.29) is 10.5 Å². The maximum Gasteiger partial charge on any atom is 0.248 e. The Labute approximate surface area is 148 Å². The molecule has 0 heterocycles. The number of nitrogens with one attached hydrogen (secondary N) is 1. The van der Waals surface area contributed by atoms with Gasteiger partial charge in [-0.15, -0.1) is 0 Å². The topological polar surface area (TPSA) is 92.5 Å². The number of primary amides is 1. The molecule has 0 saturated carbocycles. The lowest BCUT2D eigenvalue weighted by atomic mass is 10.2. The molecule has 25 heavy (non-hydrogen) atoms. The van der Waals surface area contributed by atoms with Crippen LogP contribution in [-0.4, -0.2) is 34.0 Å². The van der Waals surface area contributed by atoms with Gasteiger partial charge in [0.05, 0.1) is 4.90 Å². The molecule has 0 bridgehead atoms. The van der Waals surface area contributed by atoms with E-state index in [9.17, 15) is 13.2 Å². The zero-order valence-corrected chi connectivity index (χ0v) is 15.0. The summed E-state index contributed by atoms with van der Waals surface area (Å²) in [7, 11) is -3.59. The van der Waals surface area contributed by atoms with Gasteiger partial charge in [0.15, 0.2) is 0 Å². The average Bonchev–Trinajstić information content (AvgIpc) is 2.62. The van der Waals surface area contributed by atoms with Crippen molar-refractivity contribution in [2.45, 2.75) is 18.2 Å². The second-order valence-corrected chi connectivity index (χ2v) is 7.32. The van der Waals surface area contributed by atoms with Crippen LogP contribution >= 0.6 is 0 Å². The van der Waals surface area contributed by atoms with Crippen molar-refractivity contribution in [1.29, 1.82) is 0 Å². The number of hydrogen-bond donors (Lipinski definition) is 2. The van der Waals surface area contributed by atoms with Crippen LogP contribution in [0.4, 0.5) is 5.69 Å². The third-order valence-corrected chi connectivity index (χ3v) is 5.33. The minimum atomic E-state index is -3.59. The highest BCUT2D eigenvalue weighted by atomic mass is 32.2. The number of benzene rings is 2. The zero-order chi connectivity index (χ0) is 18.3. The summed E-state index contributed by atoms with van der Waals surface area (Å²) < 4.78 is 27.1. The van der Waals surface area contributed by atoms with Gasteiger partial charge in [0.25, 0.3) is 0 Å². The van der Waals surface area contributed by atoms with Crippen molar-refractivity contribution in [2.24, 2.45) is 5.73 Å². The summed E-state index contributed by atoms with van der Waals surface area (Å²) >= 11 is 0. The molecule has 0 aromatic heterocycles. The van der Waals surface area contributed by atoms with E-state index >= 15 is 0 Å². The van der Waals surface area contributed by atoms with Crippen molar-refractivity contribution in [1.82, 2.24) is 4.72 Å². The minimum absolute atomic E-state index is 0.118. The highest BCUT2D eigenvalue weighted by molar-refractivity contribution is 7.89. The standard InChI is InChI=1S/C18H23N3O3S/c1-2-21(16-7-4-3-5-8-16)14-6-13-20-25(23,24)17-11-9-15(10-12-17)18(19)22/h3-5,7-12,20H,2,6,13-14H2,1H3,(H2,19,22). The largest absolute Gasteiger partial charge is 0.372 e. The summed E-state index contributed by atoms with van der Waals surface area (Å²) in [6.45, 7) is 4.01. The van der Waals surface area contributed by atoms with Gasteiger partial charge in [0.2, 0.25) is 15.9 Å². The molecule has 3 N–H and O–H groups in total. The van der Waals surface area contributed by atoms with Crippen molar-refractivity contribution in [3.63, 3.8) is 0 Å². The molecule has 2 aromatic carbocycles. The Morgan fingerprint density at radius 3 is 2.28 bits per heavy atom. The Morgan fingerprint density at radius 1 is 1.08 bits per heavy atom. The number of hydrogen-bond acceptors (Lipinski definition) is 4. The lowest BCUT2D eigenvalue weighted by molar-refractivity contribution is 0.1000. The van der Waals surface area contributed by atoms with Crippen LogP contribution in [0, 0.1) is 0 Å². The quantitative estimate of drug-likeness (QED) is 0.668. The lowest BCUT2D eigenvalue weighted by Crippen LogP contribution is -2.30. The van der Waals surface area contributed by atoms with E-state index in [0.717, 1.165) is 18.8 Å². The maximum absolute atomic E-state index is 12.3. The molecule has 6 nitrogen and oxygen atoms in total. The smallest absolute Gasteiger partial charge is 0.248 e. The molecular weight excluding hydrogens is 338 g/mol. The molecule has 2 rings (SSSR count). The van der Waals surface area contributed by atoms with Crippen LogP contribution in [0.2, 0.25) is 0 Å². The van der Waals surface area contributed by atoms with Gasteiger partial charge in [-0.3, -0.25) is 4.79 Å². The Bertz CT molecular complexity index is 790. The first kappa shape index (κ1) is 19.0.